The number of hydrogen-bond acceptors (Lipinski definition) is 2. The Balaban J connectivity index is 3.19. The first-order chi connectivity index (χ1) is 8.99. The summed E-state index contributed by atoms with van der Waals surface area (Å²) >= 11 is 0. The third-order valence-corrected chi connectivity index (χ3v) is 3.21. The van der Waals surface area contributed by atoms with Gasteiger partial charge in [0.15, 0.2) is 0 Å². The predicted molar refractivity (Wildman–Crippen MR) is 75.2 cm³/mol. The summed E-state index contributed by atoms with van der Waals surface area (Å²) in [6.45, 7) is 7.99. The van der Waals surface area contributed by atoms with Gasteiger partial charge in [0.05, 0.1) is 6.61 Å². The number of hydrogen-bond donors (Lipinski definition) is 0. The van der Waals surface area contributed by atoms with Crippen LogP contribution in [0.1, 0.15) is 38.3 Å². The van der Waals surface area contributed by atoms with Crippen LogP contribution in [0.5, 0.6) is 0 Å². The highest BCUT2D eigenvalue weighted by atomic mass is 19.1. The Kier molecular flexibility index (Phi) is 5.74. The molecule has 1 unspecified atom stereocenters. The van der Waals surface area contributed by atoms with Gasteiger partial charge in [-0.1, -0.05) is 19.9 Å². The van der Waals surface area contributed by atoms with Crippen molar-refractivity contribution in [3.8, 4) is 0 Å². The van der Waals surface area contributed by atoms with Gasteiger partial charge in [-0.2, -0.15) is 0 Å². The van der Waals surface area contributed by atoms with Gasteiger partial charge in [0, 0.05) is 5.57 Å². The average molecular weight is 264 g/mol. The second-order valence-electron chi connectivity index (χ2n) is 4.63. The van der Waals surface area contributed by atoms with Crippen LogP contribution in [0.2, 0.25) is 0 Å². The van der Waals surface area contributed by atoms with Crippen LogP contribution in [-0.4, -0.2) is 12.6 Å². The molecule has 1 aromatic carbocycles. The van der Waals surface area contributed by atoms with Gasteiger partial charge in [-0.25, -0.2) is 9.18 Å². The Morgan fingerprint density at radius 3 is 2.68 bits per heavy atom. The van der Waals surface area contributed by atoms with Crippen molar-refractivity contribution in [3.05, 3.63) is 40.7 Å². The molecular weight excluding hydrogens is 243 g/mol. The Bertz CT molecular complexity index is 478. The molecule has 0 amide bonds. The molecule has 0 fully saturated rings. The first kappa shape index (κ1) is 15.4. The van der Waals surface area contributed by atoms with Crippen molar-refractivity contribution in [2.75, 3.05) is 6.61 Å². The second kappa shape index (κ2) is 7.07. The normalized spacial score (nSPS) is 13.2. The van der Waals surface area contributed by atoms with E-state index in [1.165, 1.54) is 12.1 Å². The monoisotopic (exact) mass is 264 g/mol. The minimum atomic E-state index is -0.319. The van der Waals surface area contributed by atoms with Crippen LogP contribution in [-0.2, 0) is 9.53 Å². The van der Waals surface area contributed by atoms with E-state index < -0.39 is 0 Å². The van der Waals surface area contributed by atoms with Crippen molar-refractivity contribution in [3.63, 3.8) is 0 Å². The first-order valence-corrected chi connectivity index (χ1v) is 6.64. The van der Waals surface area contributed by atoms with Crippen molar-refractivity contribution in [1.29, 1.82) is 0 Å². The maximum absolute atomic E-state index is 13.3. The zero-order chi connectivity index (χ0) is 14.4. The van der Waals surface area contributed by atoms with Crippen LogP contribution >= 0.6 is 0 Å². The highest BCUT2D eigenvalue weighted by molar-refractivity contribution is 5.94. The fourth-order valence-electron chi connectivity index (χ4n) is 1.77. The van der Waals surface area contributed by atoms with E-state index in [0.717, 1.165) is 17.5 Å². The molecule has 104 valence electrons. The molecule has 19 heavy (non-hydrogen) atoms. The lowest BCUT2D eigenvalue weighted by molar-refractivity contribution is -0.139. The van der Waals surface area contributed by atoms with Crippen molar-refractivity contribution in [2.45, 2.75) is 34.1 Å². The molecule has 0 aromatic heterocycles. The van der Waals surface area contributed by atoms with E-state index in [2.05, 4.69) is 0 Å². The van der Waals surface area contributed by atoms with Crippen LogP contribution in [0, 0.1) is 18.7 Å². The number of ether oxygens (including phenoxy) is 1. The Labute approximate surface area is 114 Å². The second-order valence-corrected chi connectivity index (χ2v) is 4.63. The molecule has 0 saturated heterocycles. The highest BCUT2D eigenvalue weighted by Crippen LogP contribution is 2.22. The molecule has 0 saturated carbocycles. The molecule has 0 radical (unpaired) electrons. The third-order valence-electron chi connectivity index (χ3n) is 3.21. The molecule has 2 nitrogen and oxygen atoms in total. The van der Waals surface area contributed by atoms with Gasteiger partial charge in [-0.15, -0.1) is 0 Å². The Morgan fingerprint density at radius 2 is 2.11 bits per heavy atom. The quantitative estimate of drug-likeness (QED) is 0.590. The van der Waals surface area contributed by atoms with Gasteiger partial charge in [0.25, 0.3) is 0 Å². The standard InChI is InChI=1S/C16H21FO2/c1-5-11(3)15(16(18)19-6-2)10-13-9-14(17)8-7-12(13)4/h7-11H,5-6H2,1-4H3/b15-10+. The summed E-state index contributed by atoms with van der Waals surface area (Å²) in [5.74, 6) is -0.536. The highest BCUT2D eigenvalue weighted by Gasteiger charge is 2.17. The molecule has 3 heteroatoms. The molecule has 0 heterocycles. The summed E-state index contributed by atoms with van der Waals surface area (Å²) in [6.07, 6.45) is 2.57. The molecule has 0 N–H and O–H groups in total. The zero-order valence-electron chi connectivity index (χ0n) is 12.0. The lowest BCUT2D eigenvalue weighted by Crippen LogP contribution is -2.13. The van der Waals surface area contributed by atoms with Crippen molar-refractivity contribution >= 4 is 12.0 Å². The van der Waals surface area contributed by atoms with Crippen molar-refractivity contribution in [1.82, 2.24) is 0 Å². The van der Waals surface area contributed by atoms with Crippen molar-refractivity contribution in [2.24, 2.45) is 5.92 Å². The minimum absolute atomic E-state index is 0.0849. The maximum atomic E-state index is 13.3. The third kappa shape index (κ3) is 4.19. The van der Waals surface area contributed by atoms with E-state index in [-0.39, 0.29) is 17.7 Å². The van der Waals surface area contributed by atoms with Gasteiger partial charge < -0.3 is 4.74 Å². The molecule has 0 bridgehead atoms. The summed E-state index contributed by atoms with van der Waals surface area (Å²) in [5, 5.41) is 0. The maximum Gasteiger partial charge on any atom is 0.334 e. The molecule has 0 spiro atoms. The van der Waals surface area contributed by atoms with Gasteiger partial charge in [-0.3, -0.25) is 0 Å². The van der Waals surface area contributed by atoms with Gasteiger partial charge >= 0.3 is 5.97 Å². The number of rotatable bonds is 5. The van der Waals surface area contributed by atoms with E-state index in [4.69, 9.17) is 4.74 Å². The Hall–Kier alpha value is -1.64. The fraction of sp³-hybridized carbons (Fsp3) is 0.438. The number of halogens is 1. The number of carbonyl (C=O) groups is 1. The van der Waals surface area contributed by atoms with Gasteiger partial charge in [0.2, 0.25) is 0 Å². The first-order valence-electron chi connectivity index (χ1n) is 6.64. The van der Waals surface area contributed by atoms with E-state index in [1.54, 1.807) is 19.1 Å². The minimum Gasteiger partial charge on any atom is -0.463 e. The smallest absolute Gasteiger partial charge is 0.334 e. The van der Waals surface area contributed by atoms with Gasteiger partial charge in [0.1, 0.15) is 5.82 Å². The van der Waals surface area contributed by atoms with Crippen LogP contribution in [0.15, 0.2) is 23.8 Å². The van der Waals surface area contributed by atoms with Gasteiger partial charge in [-0.05, 0) is 55.5 Å². The molecular formula is C16H21FO2. The summed E-state index contributed by atoms with van der Waals surface area (Å²) in [7, 11) is 0. The summed E-state index contributed by atoms with van der Waals surface area (Å²) in [6, 6.07) is 4.57. The largest absolute Gasteiger partial charge is 0.463 e. The average Bonchev–Trinajstić information content (AvgIpc) is 2.39. The van der Waals surface area contributed by atoms with E-state index in [1.807, 2.05) is 20.8 Å². The molecule has 0 aliphatic heterocycles. The number of aryl methyl sites for hydroxylation is 1. The van der Waals surface area contributed by atoms with Crippen LogP contribution in [0.25, 0.3) is 6.08 Å². The zero-order valence-corrected chi connectivity index (χ0v) is 12.0. The summed E-state index contributed by atoms with van der Waals surface area (Å²) in [5.41, 5.74) is 2.26. The fourth-order valence-corrected chi connectivity index (χ4v) is 1.77. The molecule has 1 aromatic rings. The number of benzene rings is 1. The lowest BCUT2D eigenvalue weighted by Gasteiger charge is -2.13. The predicted octanol–water partition coefficient (Wildman–Crippen LogP) is 4.13. The Morgan fingerprint density at radius 1 is 1.42 bits per heavy atom. The molecule has 1 rings (SSSR count). The number of esters is 1. The SMILES string of the molecule is CCOC(=O)/C(=C/c1cc(F)ccc1C)C(C)CC. The van der Waals surface area contributed by atoms with Crippen LogP contribution < -0.4 is 0 Å². The van der Waals surface area contributed by atoms with Crippen LogP contribution in [0.4, 0.5) is 4.39 Å². The van der Waals surface area contributed by atoms with E-state index in [9.17, 15) is 9.18 Å². The summed E-state index contributed by atoms with van der Waals surface area (Å²) in [4.78, 5) is 12.0. The molecule has 0 aliphatic carbocycles. The topological polar surface area (TPSA) is 26.3 Å². The van der Waals surface area contributed by atoms with E-state index in [0.29, 0.717) is 12.2 Å². The van der Waals surface area contributed by atoms with E-state index >= 15 is 0 Å². The number of carbonyl (C=O) groups excluding carboxylic acids is 1. The lowest BCUT2D eigenvalue weighted by atomic mass is 9.95. The van der Waals surface area contributed by atoms with Crippen molar-refractivity contribution < 1.29 is 13.9 Å². The molecule has 1 atom stereocenters. The van der Waals surface area contributed by atoms with Crippen LogP contribution in [0.3, 0.4) is 0 Å². The summed E-state index contributed by atoms with van der Waals surface area (Å²) < 4.78 is 18.4. The molecule has 0 aliphatic rings.